The van der Waals surface area contributed by atoms with Crippen molar-refractivity contribution in [1.82, 2.24) is 14.5 Å². The molecule has 0 saturated heterocycles. The quantitative estimate of drug-likeness (QED) is 0.184. The molecule has 0 aliphatic heterocycles. The van der Waals surface area contributed by atoms with E-state index in [2.05, 4.69) is 89.5 Å². The Labute approximate surface area is 299 Å². The van der Waals surface area contributed by atoms with E-state index in [1.54, 1.807) is 0 Å². The van der Waals surface area contributed by atoms with Gasteiger partial charge in [0.25, 0.3) is 0 Å². The highest BCUT2D eigenvalue weighted by molar-refractivity contribution is 6.17. The fourth-order valence-corrected chi connectivity index (χ4v) is 7.46. The van der Waals surface area contributed by atoms with Crippen LogP contribution in [0.25, 0.3) is 94.5 Å². The van der Waals surface area contributed by atoms with Crippen LogP contribution in [0.1, 0.15) is 5.56 Å². The molecular weight excluding hydrogens is 637 g/mol. The van der Waals surface area contributed by atoms with Crippen molar-refractivity contribution < 1.29 is 4.42 Å². The van der Waals surface area contributed by atoms with E-state index in [1.165, 1.54) is 0 Å². The zero-order valence-electron chi connectivity index (χ0n) is 27.9. The molecule has 0 amide bonds. The first-order valence-electron chi connectivity index (χ1n) is 17.2. The summed E-state index contributed by atoms with van der Waals surface area (Å²) in [6.45, 7) is 0. The Balaban J connectivity index is 1.32. The van der Waals surface area contributed by atoms with Crippen molar-refractivity contribution in [3.63, 3.8) is 0 Å². The van der Waals surface area contributed by atoms with Crippen LogP contribution in [0.5, 0.6) is 0 Å². The van der Waals surface area contributed by atoms with Gasteiger partial charge in [0.1, 0.15) is 22.8 Å². The van der Waals surface area contributed by atoms with E-state index < -0.39 is 0 Å². The van der Waals surface area contributed by atoms with Gasteiger partial charge in [-0.3, -0.25) is 0 Å². The first-order valence-corrected chi connectivity index (χ1v) is 17.2. The Morgan fingerprint density at radius 1 is 0.462 bits per heavy atom. The molecule has 3 aromatic heterocycles. The van der Waals surface area contributed by atoms with Gasteiger partial charge in [-0.15, -0.1) is 0 Å². The largest absolute Gasteiger partial charge is 0.456 e. The van der Waals surface area contributed by atoms with Crippen LogP contribution < -0.4 is 0 Å². The van der Waals surface area contributed by atoms with Crippen LogP contribution >= 0.6 is 0 Å². The topological polar surface area (TPSA) is 67.6 Å². The second-order valence-electron chi connectivity index (χ2n) is 12.9. The molecule has 0 aliphatic carbocycles. The van der Waals surface area contributed by atoms with Gasteiger partial charge in [-0.1, -0.05) is 133 Å². The number of nitriles is 1. The zero-order chi connectivity index (χ0) is 34.6. The average molecular weight is 665 g/mol. The van der Waals surface area contributed by atoms with Gasteiger partial charge in [0, 0.05) is 44.3 Å². The van der Waals surface area contributed by atoms with Crippen LogP contribution in [0, 0.1) is 11.3 Å². The summed E-state index contributed by atoms with van der Waals surface area (Å²) < 4.78 is 8.72. The van der Waals surface area contributed by atoms with Crippen molar-refractivity contribution in [2.45, 2.75) is 0 Å². The molecule has 5 heteroatoms. The molecule has 0 fully saturated rings. The van der Waals surface area contributed by atoms with Gasteiger partial charge >= 0.3 is 0 Å². The van der Waals surface area contributed by atoms with Gasteiger partial charge in [0.15, 0.2) is 5.82 Å². The third kappa shape index (κ3) is 4.70. The second kappa shape index (κ2) is 11.9. The molecule has 3 heterocycles. The minimum absolute atomic E-state index is 0.436. The molecule has 242 valence electrons. The number of benzene rings is 7. The zero-order valence-corrected chi connectivity index (χ0v) is 27.9. The van der Waals surface area contributed by atoms with Gasteiger partial charge in [-0.2, -0.15) is 5.26 Å². The Bertz CT molecular complexity index is 2950. The highest BCUT2D eigenvalue weighted by Crippen LogP contribution is 2.42. The molecular formula is C47H28N4O. The van der Waals surface area contributed by atoms with Crippen molar-refractivity contribution in [2.75, 3.05) is 0 Å². The van der Waals surface area contributed by atoms with Crippen LogP contribution in [0.3, 0.4) is 0 Å². The van der Waals surface area contributed by atoms with Crippen molar-refractivity contribution in [3.8, 4) is 56.8 Å². The predicted octanol–water partition coefficient (Wildman–Crippen LogP) is 12.0. The molecule has 0 saturated carbocycles. The van der Waals surface area contributed by atoms with E-state index in [0.717, 1.165) is 77.2 Å². The summed E-state index contributed by atoms with van der Waals surface area (Å²) in [7, 11) is 0. The van der Waals surface area contributed by atoms with Gasteiger partial charge in [-0.05, 0) is 41.5 Å². The maximum Gasteiger partial charge on any atom is 0.162 e. The third-order valence-corrected chi connectivity index (χ3v) is 9.87. The Morgan fingerprint density at radius 3 is 1.73 bits per heavy atom. The first-order chi connectivity index (χ1) is 25.7. The van der Waals surface area contributed by atoms with E-state index in [-0.39, 0.29) is 0 Å². The summed E-state index contributed by atoms with van der Waals surface area (Å²) >= 11 is 0. The molecule has 7 aromatic carbocycles. The number of hydrogen-bond acceptors (Lipinski definition) is 4. The van der Waals surface area contributed by atoms with Crippen LogP contribution in [-0.2, 0) is 0 Å². The number of aromatic nitrogens is 3. The van der Waals surface area contributed by atoms with E-state index in [0.29, 0.717) is 22.8 Å². The SMILES string of the molecule is N#Cc1c(-c2ccccc2)nc(-c2cc(-c3ccccc3)ccc2-n2c3ccccc3c3cc4c(cc32)oc2ccccc24)nc1-c1ccccc1. The minimum Gasteiger partial charge on any atom is -0.456 e. The van der Waals surface area contributed by atoms with Crippen molar-refractivity contribution in [3.05, 3.63) is 175 Å². The van der Waals surface area contributed by atoms with Crippen LogP contribution in [0.2, 0.25) is 0 Å². The summed E-state index contributed by atoms with van der Waals surface area (Å²) in [5.74, 6) is 0.528. The molecule has 0 unspecified atom stereocenters. The number of furan rings is 1. The van der Waals surface area contributed by atoms with Gasteiger partial charge < -0.3 is 8.98 Å². The Hall–Kier alpha value is -7.29. The lowest BCUT2D eigenvalue weighted by Crippen LogP contribution is -2.04. The lowest BCUT2D eigenvalue weighted by Gasteiger charge is -2.17. The highest BCUT2D eigenvalue weighted by Gasteiger charge is 2.23. The number of para-hydroxylation sites is 2. The third-order valence-electron chi connectivity index (χ3n) is 9.87. The fraction of sp³-hybridized carbons (Fsp3) is 0. The minimum atomic E-state index is 0.436. The molecule has 5 nitrogen and oxygen atoms in total. The maximum absolute atomic E-state index is 10.6. The van der Waals surface area contributed by atoms with Gasteiger partial charge in [0.05, 0.1) is 28.1 Å². The van der Waals surface area contributed by atoms with Crippen molar-refractivity contribution in [2.24, 2.45) is 0 Å². The van der Waals surface area contributed by atoms with Crippen molar-refractivity contribution >= 4 is 43.7 Å². The van der Waals surface area contributed by atoms with Crippen molar-refractivity contribution in [1.29, 1.82) is 5.26 Å². The number of nitrogens with zero attached hydrogens (tertiary/aromatic N) is 4. The summed E-state index contributed by atoms with van der Waals surface area (Å²) in [5.41, 5.74) is 11.0. The molecule has 52 heavy (non-hydrogen) atoms. The average Bonchev–Trinajstić information content (AvgIpc) is 3.75. The monoisotopic (exact) mass is 664 g/mol. The normalized spacial score (nSPS) is 11.4. The van der Waals surface area contributed by atoms with Gasteiger partial charge in [0.2, 0.25) is 0 Å². The summed E-state index contributed by atoms with van der Waals surface area (Å²) in [4.78, 5) is 10.5. The molecule has 10 rings (SSSR count). The molecule has 10 aromatic rings. The second-order valence-corrected chi connectivity index (χ2v) is 12.9. The Kier molecular flexibility index (Phi) is 6.80. The summed E-state index contributed by atoms with van der Waals surface area (Å²) in [6, 6.07) is 60.2. The lowest BCUT2D eigenvalue weighted by atomic mass is 9.98. The van der Waals surface area contributed by atoms with E-state index >= 15 is 0 Å². The van der Waals surface area contributed by atoms with Crippen LogP contribution in [0.4, 0.5) is 0 Å². The molecule has 0 bridgehead atoms. The lowest BCUT2D eigenvalue weighted by molar-refractivity contribution is 0.669. The molecule has 0 spiro atoms. The van der Waals surface area contributed by atoms with Gasteiger partial charge in [-0.25, -0.2) is 9.97 Å². The predicted molar refractivity (Wildman–Crippen MR) is 210 cm³/mol. The van der Waals surface area contributed by atoms with Crippen LogP contribution in [0.15, 0.2) is 174 Å². The van der Waals surface area contributed by atoms with E-state index in [1.807, 2.05) is 91.0 Å². The summed E-state index contributed by atoms with van der Waals surface area (Å²) in [6.07, 6.45) is 0. The number of hydrogen-bond donors (Lipinski definition) is 0. The highest BCUT2D eigenvalue weighted by atomic mass is 16.3. The molecule has 0 N–H and O–H groups in total. The summed E-state index contributed by atoms with van der Waals surface area (Å²) in [5, 5.41) is 15.1. The Morgan fingerprint density at radius 2 is 1.06 bits per heavy atom. The van der Waals surface area contributed by atoms with E-state index in [9.17, 15) is 5.26 Å². The van der Waals surface area contributed by atoms with Crippen LogP contribution in [-0.4, -0.2) is 14.5 Å². The number of fused-ring (bicyclic) bond motifs is 6. The standard InChI is InChI=1S/C47H28N4O/c48-29-39-45(31-16-6-2-7-17-31)49-47(50-46(39)32-18-8-3-9-19-32)38-26-33(30-14-4-1-5-15-30)24-25-41(38)51-40-22-12-10-20-34(40)36-27-37-35-21-11-13-23-43(35)52-44(37)28-42(36)51/h1-28H. The molecule has 0 radical (unpaired) electrons. The molecule has 0 atom stereocenters. The first kappa shape index (κ1) is 29.6. The molecule has 0 aliphatic rings. The fourth-order valence-electron chi connectivity index (χ4n) is 7.46. The van der Waals surface area contributed by atoms with E-state index in [4.69, 9.17) is 14.4 Å². The maximum atomic E-state index is 10.6. The number of rotatable bonds is 5. The smallest absolute Gasteiger partial charge is 0.162 e.